The average Bonchev–Trinajstić information content (AvgIpc) is 2.77. The molecule has 2 aromatic carbocycles. The van der Waals surface area contributed by atoms with E-state index in [-0.39, 0.29) is 35.8 Å². The van der Waals surface area contributed by atoms with E-state index < -0.39 is 16.1 Å². The summed E-state index contributed by atoms with van der Waals surface area (Å²) in [4.78, 5) is 17.1. The second-order valence-electron chi connectivity index (χ2n) is 9.15. The largest absolute Gasteiger partial charge is 0.488 e. The van der Waals surface area contributed by atoms with Crippen molar-refractivity contribution in [2.45, 2.75) is 32.5 Å². The number of likely N-dealkylation sites (N-methyl/N-ethyl adjacent to an activating group) is 1. The van der Waals surface area contributed by atoms with Gasteiger partial charge in [-0.2, -0.15) is 0 Å². The number of amides is 1. The van der Waals surface area contributed by atoms with Crippen molar-refractivity contribution in [3.05, 3.63) is 57.6 Å². The molecule has 3 rings (SSSR count). The SMILES string of the molecule is C[C@H]1CN([C@@H](C)CO)C(=O)c2cc(NS(C)(=O)=O)ccc2O[C@H]1CN(C)Cc1ccc(Cl)c(Cl)c1. The molecule has 2 N–H and O–H groups in total. The van der Waals surface area contributed by atoms with E-state index in [1.54, 1.807) is 30.0 Å². The number of nitrogens with zero attached hydrogens (tertiary/aromatic N) is 2. The van der Waals surface area contributed by atoms with Crippen LogP contribution in [0.5, 0.6) is 5.75 Å². The van der Waals surface area contributed by atoms with E-state index in [9.17, 15) is 18.3 Å². The second kappa shape index (κ2) is 11.3. The highest BCUT2D eigenvalue weighted by molar-refractivity contribution is 7.92. The van der Waals surface area contributed by atoms with Gasteiger partial charge in [0, 0.05) is 31.2 Å². The molecule has 1 aliphatic rings. The first kappa shape index (κ1) is 27.5. The van der Waals surface area contributed by atoms with E-state index in [1.165, 1.54) is 6.07 Å². The van der Waals surface area contributed by atoms with Crippen molar-refractivity contribution in [2.75, 3.05) is 37.7 Å². The second-order valence-corrected chi connectivity index (χ2v) is 11.7. The maximum absolute atomic E-state index is 13.4. The Morgan fingerprint density at radius 1 is 1.23 bits per heavy atom. The molecular formula is C24H31Cl2N3O5S. The number of hydrogen-bond acceptors (Lipinski definition) is 6. The Bertz CT molecular complexity index is 1180. The van der Waals surface area contributed by atoms with Crippen LogP contribution >= 0.6 is 23.2 Å². The summed E-state index contributed by atoms with van der Waals surface area (Å²) in [5.74, 6) is -0.0111. The van der Waals surface area contributed by atoms with Gasteiger partial charge in [-0.25, -0.2) is 8.42 Å². The first-order chi connectivity index (χ1) is 16.4. The molecule has 1 aliphatic heterocycles. The predicted molar refractivity (Wildman–Crippen MR) is 139 cm³/mol. The maximum Gasteiger partial charge on any atom is 0.258 e. The molecule has 0 aromatic heterocycles. The Hall–Kier alpha value is -2.04. The zero-order chi connectivity index (χ0) is 25.9. The number of fused-ring (bicyclic) bond motifs is 1. The lowest BCUT2D eigenvalue weighted by molar-refractivity contribution is 0.0341. The fraction of sp³-hybridized carbons (Fsp3) is 0.458. The number of anilines is 1. The lowest BCUT2D eigenvalue weighted by Gasteiger charge is -2.38. The highest BCUT2D eigenvalue weighted by atomic mass is 35.5. The van der Waals surface area contributed by atoms with Crippen molar-refractivity contribution in [2.24, 2.45) is 5.92 Å². The highest BCUT2D eigenvalue weighted by Crippen LogP contribution is 2.31. The topological polar surface area (TPSA) is 99.2 Å². The molecule has 0 unspecified atom stereocenters. The van der Waals surface area contributed by atoms with Crippen LogP contribution in [0.4, 0.5) is 5.69 Å². The Balaban J connectivity index is 1.90. The number of carbonyl (C=O) groups excluding carboxylic acids is 1. The first-order valence-corrected chi connectivity index (χ1v) is 13.9. The number of halogens is 2. The van der Waals surface area contributed by atoms with Crippen LogP contribution in [-0.2, 0) is 16.6 Å². The summed E-state index contributed by atoms with van der Waals surface area (Å²) in [7, 11) is -1.55. The number of aliphatic hydroxyl groups is 1. The van der Waals surface area contributed by atoms with Gasteiger partial charge in [0.05, 0.1) is 34.5 Å². The van der Waals surface area contributed by atoms with E-state index in [0.717, 1.165) is 11.8 Å². The van der Waals surface area contributed by atoms with E-state index in [1.807, 2.05) is 26.1 Å². The summed E-state index contributed by atoms with van der Waals surface area (Å²) < 4.78 is 32.2. The molecule has 2 aromatic rings. The van der Waals surface area contributed by atoms with Crippen molar-refractivity contribution in [3.63, 3.8) is 0 Å². The molecule has 0 saturated heterocycles. The molecule has 192 valence electrons. The summed E-state index contributed by atoms with van der Waals surface area (Å²) in [5.41, 5.74) is 1.51. The van der Waals surface area contributed by atoms with Gasteiger partial charge >= 0.3 is 0 Å². The van der Waals surface area contributed by atoms with Crippen molar-refractivity contribution in [1.29, 1.82) is 0 Å². The smallest absolute Gasteiger partial charge is 0.258 e. The van der Waals surface area contributed by atoms with Gasteiger partial charge in [0.1, 0.15) is 11.9 Å². The van der Waals surface area contributed by atoms with Crippen LogP contribution in [0.2, 0.25) is 10.0 Å². The van der Waals surface area contributed by atoms with Crippen LogP contribution < -0.4 is 9.46 Å². The minimum Gasteiger partial charge on any atom is -0.488 e. The molecule has 8 nitrogen and oxygen atoms in total. The van der Waals surface area contributed by atoms with E-state index in [0.29, 0.717) is 35.4 Å². The van der Waals surface area contributed by atoms with Gasteiger partial charge in [0.2, 0.25) is 10.0 Å². The molecule has 1 heterocycles. The molecule has 1 amide bonds. The van der Waals surface area contributed by atoms with Crippen LogP contribution in [-0.4, -0.2) is 74.4 Å². The fourth-order valence-electron chi connectivity index (χ4n) is 4.04. The Morgan fingerprint density at radius 3 is 2.57 bits per heavy atom. The molecule has 35 heavy (non-hydrogen) atoms. The average molecular weight is 545 g/mol. The number of ether oxygens (including phenoxy) is 1. The summed E-state index contributed by atoms with van der Waals surface area (Å²) in [6.07, 6.45) is 0.764. The number of rotatable bonds is 8. The van der Waals surface area contributed by atoms with Crippen molar-refractivity contribution < 1.29 is 23.1 Å². The van der Waals surface area contributed by atoms with Crippen molar-refractivity contribution in [1.82, 2.24) is 9.80 Å². The van der Waals surface area contributed by atoms with Crippen LogP contribution in [0.15, 0.2) is 36.4 Å². The number of nitrogens with one attached hydrogen (secondary N) is 1. The van der Waals surface area contributed by atoms with Crippen molar-refractivity contribution >= 4 is 44.8 Å². The summed E-state index contributed by atoms with van der Waals surface area (Å²) in [5, 5.41) is 10.8. The van der Waals surface area contributed by atoms with Gasteiger partial charge in [-0.3, -0.25) is 14.4 Å². The fourth-order valence-corrected chi connectivity index (χ4v) is 4.92. The Labute approximate surface area is 216 Å². The lowest BCUT2D eigenvalue weighted by atomic mass is 9.99. The lowest BCUT2D eigenvalue weighted by Crippen LogP contribution is -2.49. The molecule has 0 spiro atoms. The molecule has 0 bridgehead atoms. The number of carbonyl (C=O) groups is 1. The summed E-state index contributed by atoms with van der Waals surface area (Å²) >= 11 is 12.2. The van der Waals surface area contributed by atoms with Crippen LogP contribution in [0.3, 0.4) is 0 Å². The van der Waals surface area contributed by atoms with Crippen molar-refractivity contribution in [3.8, 4) is 5.75 Å². The first-order valence-electron chi connectivity index (χ1n) is 11.2. The molecule has 0 aliphatic carbocycles. The zero-order valence-electron chi connectivity index (χ0n) is 20.2. The molecule has 3 atom stereocenters. The Kier molecular flexibility index (Phi) is 8.93. The third kappa shape index (κ3) is 7.24. The third-order valence-electron chi connectivity index (χ3n) is 5.90. The van der Waals surface area contributed by atoms with Gasteiger partial charge < -0.3 is 14.7 Å². The number of benzene rings is 2. The van der Waals surface area contributed by atoms with E-state index in [2.05, 4.69) is 9.62 Å². The van der Waals surface area contributed by atoms with Gasteiger partial charge in [-0.1, -0.05) is 36.2 Å². The Morgan fingerprint density at radius 2 is 1.94 bits per heavy atom. The van der Waals surface area contributed by atoms with Gasteiger partial charge in [0.25, 0.3) is 5.91 Å². The number of hydrogen-bond donors (Lipinski definition) is 2. The molecule has 0 radical (unpaired) electrons. The number of aliphatic hydroxyl groups excluding tert-OH is 1. The van der Waals surface area contributed by atoms with Gasteiger partial charge in [-0.15, -0.1) is 0 Å². The third-order valence-corrected chi connectivity index (χ3v) is 7.24. The molecule has 0 fully saturated rings. The zero-order valence-corrected chi connectivity index (χ0v) is 22.5. The molecule has 11 heteroatoms. The standard InChI is InChI=1S/C24H31Cl2N3O5S/c1-15-11-29(16(2)14-30)24(31)19-10-18(27-35(4,32)33)6-8-22(19)34-23(15)13-28(3)12-17-5-7-20(25)21(26)9-17/h5-10,15-16,23,27,30H,11-14H2,1-4H3/t15-,16-,23-/m0/s1. The normalized spacial score (nSPS) is 19.5. The monoisotopic (exact) mass is 543 g/mol. The van der Waals surface area contributed by atoms with Crippen LogP contribution in [0.25, 0.3) is 0 Å². The van der Waals surface area contributed by atoms with E-state index >= 15 is 0 Å². The van der Waals surface area contributed by atoms with E-state index in [4.69, 9.17) is 27.9 Å². The van der Waals surface area contributed by atoms with Gasteiger partial charge in [-0.05, 0) is 49.9 Å². The van der Waals surface area contributed by atoms with Crippen LogP contribution in [0.1, 0.15) is 29.8 Å². The minimum atomic E-state index is -3.52. The summed E-state index contributed by atoms with van der Waals surface area (Å²) in [6, 6.07) is 9.74. The number of sulfonamides is 1. The quantitative estimate of drug-likeness (QED) is 0.526. The van der Waals surface area contributed by atoms with Crippen LogP contribution in [0, 0.1) is 5.92 Å². The minimum absolute atomic E-state index is 0.0498. The molecular weight excluding hydrogens is 513 g/mol. The van der Waals surface area contributed by atoms with Gasteiger partial charge in [0.15, 0.2) is 0 Å². The highest BCUT2D eigenvalue weighted by Gasteiger charge is 2.33. The predicted octanol–water partition coefficient (Wildman–Crippen LogP) is 3.72. The summed E-state index contributed by atoms with van der Waals surface area (Å²) in [6.45, 7) is 5.12. The molecule has 0 saturated carbocycles. The maximum atomic E-state index is 13.4.